The second-order valence-corrected chi connectivity index (χ2v) is 5.57. The number of carbonyl (C=O) groups excluding carboxylic acids is 2. The fraction of sp³-hybridized carbons (Fsp3) is 0.105. The minimum Gasteiger partial charge on any atom is -0.508 e. The third-order valence-electron chi connectivity index (χ3n) is 3.55. The molecule has 0 saturated heterocycles. The molecule has 0 aliphatic rings. The molecule has 0 bridgehead atoms. The summed E-state index contributed by atoms with van der Waals surface area (Å²) in [5, 5.41) is 15.4. The average Bonchev–Trinajstić information content (AvgIpc) is 3.05. The Morgan fingerprint density at radius 2 is 1.69 bits per heavy atom. The number of phenols is 1. The number of aromatic hydroxyl groups is 1. The van der Waals surface area contributed by atoms with Gasteiger partial charge < -0.3 is 19.7 Å². The summed E-state index contributed by atoms with van der Waals surface area (Å²) >= 11 is 0. The topological polar surface area (TPSA) is 102 Å². The zero-order valence-electron chi connectivity index (χ0n) is 13.9. The monoisotopic (exact) mass is 352 g/mol. The zero-order valence-corrected chi connectivity index (χ0v) is 13.9. The van der Waals surface area contributed by atoms with E-state index in [-0.39, 0.29) is 11.6 Å². The third-order valence-corrected chi connectivity index (χ3v) is 3.55. The minimum absolute atomic E-state index is 0.188. The predicted octanol–water partition coefficient (Wildman–Crippen LogP) is 3.15. The van der Waals surface area contributed by atoms with Crippen LogP contribution >= 0.6 is 0 Å². The number of aromatic nitrogens is 1. The molecule has 1 heterocycles. The highest BCUT2D eigenvalue weighted by molar-refractivity contribution is 5.95. The Balaban J connectivity index is 1.56. The Labute approximate surface area is 149 Å². The number of amides is 1. The van der Waals surface area contributed by atoms with E-state index in [1.165, 1.54) is 0 Å². The van der Waals surface area contributed by atoms with Gasteiger partial charge in [-0.15, -0.1) is 0 Å². The number of anilines is 1. The van der Waals surface area contributed by atoms with Gasteiger partial charge in [0.25, 0.3) is 5.91 Å². The Morgan fingerprint density at radius 3 is 2.27 bits per heavy atom. The van der Waals surface area contributed by atoms with Crippen LogP contribution in [-0.2, 0) is 9.53 Å². The first kappa shape index (κ1) is 17.2. The molecule has 1 amide bonds. The molecule has 3 rings (SSSR count). The second-order valence-electron chi connectivity index (χ2n) is 5.57. The van der Waals surface area contributed by atoms with Gasteiger partial charge in [0.1, 0.15) is 11.5 Å². The van der Waals surface area contributed by atoms with Gasteiger partial charge in [0.15, 0.2) is 12.4 Å². The van der Waals surface area contributed by atoms with Gasteiger partial charge in [-0.1, -0.05) is 29.4 Å². The number of hydrogen-bond donors (Lipinski definition) is 2. The van der Waals surface area contributed by atoms with Crippen molar-refractivity contribution in [2.24, 2.45) is 0 Å². The zero-order chi connectivity index (χ0) is 18.5. The number of ether oxygens (including phenoxy) is 1. The van der Waals surface area contributed by atoms with Crippen molar-refractivity contribution >= 4 is 17.7 Å². The SMILES string of the molecule is Cc1cc(NC(=O)COC(=O)c2ccc(-c3ccc(O)cc3)cc2)no1. The Hall–Kier alpha value is -3.61. The first-order valence-electron chi connectivity index (χ1n) is 7.81. The molecule has 7 nitrogen and oxygen atoms in total. The van der Waals surface area contributed by atoms with Crippen molar-refractivity contribution < 1.29 is 24.0 Å². The van der Waals surface area contributed by atoms with Crippen LogP contribution in [0, 0.1) is 6.92 Å². The smallest absolute Gasteiger partial charge is 0.338 e. The van der Waals surface area contributed by atoms with Crippen molar-refractivity contribution in [1.29, 1.82) is 0 Å². The number of rotatable bonds is 5. The van der Waals surface area contributed by atoms with Crippen LogP contribution in [-0.4, -0.2) is 28.7 Å². The normalized spacial score (nSPS) is 10.3. The van der Waals surface area contributed by atoms with Gasteiger partial charge in [-0.25, -0.2) is 4.79 Å². The lowest BCUT2D eigenvalue weighted by Crippen LogP contribution is -2.21. The molecule has 132 valence electrons. The largest absolute Gasteiger partial charge is 0.508 e. The molecule has 0 atom stereocenters. The molecule has 0 radical (unpaired) electrons. The molecule has 3 aromatic rings. The van der Waals surface area contributed by atoms with Crippen molar-refractivity contribution in [2.45, 2.75) is 6.92 Å². The van der Waals surface area contributed by atoms with E-state index in [9.17, 15) is 14.7 Å². The first-order chi connectivity index (χ1) is 12.5. The molecular formula is C19H16N2O5. The molecule has 0 unspecified atom stereocenters. The van der Waals surface area contributed by atoms with Crippen LogP contribution in [0.4, 0.5) is 5.82 Å². The molecule has 1 aromatic heterocycles. The van der Waals surface area contributed by atoms with E-state index in [1.807, 2.05) is 0 Å². The summed E-state index contributed by atoms with van der Waals surface area (Å²) in [7, 11) is 0. The second kappa shape index (κ2) is 7.52. The highest BCUT2D eigenvalue weighted by Crippen LogP contribution is 2.22. The maximum atomic E-state index is 12.0. The molecule has 2 N–H and O–H groups in total. The van der Waals surface area contributed by atoms with E-state index < -0.39 is 18.5 Å². The lowest BCUT2D eigenvalue weighted by molar-refractivity contribution is -0.119. The number of esters is 1. The van der Waals surface area contributed by atoms with E-state index in [2.05, 4.69) is 10.5 Å². The average molecular weight is 352 g/mol. The van der Waals surface area contributed by atoms with Crippen LogP contribution in [0.2, 0.25) is 0 Å². The van der Waals surface area contributed by atoms with Gasteiger partial charge in [0, 0.05) is 6.07 Å². The van der Waals surface area contributed by atoms with Crippen LogP contribution in [0.15, 0.2) is 59.1 Å². The molecule has 0 saturated carbocycles. The summed E-state index contributed by atoms with van der Waals surface area (Å²) in [6.45, 7) is 1.27. The highest BCUT2D eigenvalue weighted by atomic mass is 16.5. The van der Waals surface area contributed by atoms with Gasteiger partial charge in [-0.3, -0.25) is 4.79 Å². The maximum absolute atomic E-state index is 12.0. The fourth-order valence-electron chi connectivity index (χ4n) is 2.27. The van der Waals surface area contributed by atoms with Crippen LogP contribution < -0.4 is 5.32 Å². The number of phenolic OH excluding ortho intramolecular Hbond substituents is 1. The van der Waals surface area contributed by atoms with Gasteiger partial charge in [0.05, 0.1) is 5.56 Å². The number of hydrogen-bond acceptors (Lipinski definition) is 6. The van der Waals surface area contributed by atoms with E-state index in [0.29, 0.717) is 11.3 Å². The van der Waals surface area contributed by atoms with E-state index in [0.717, 1.165) is 11.1 Å². The molecule has 0 fully saturated rings. The van der Waals surface area contributed by atoms with Crippen molar-refractivity contribution in [3.63, 3.8) is 0 Å². The molecule has 0 aliphatic carbocycles. The molecule has 0 aliphatic heterocycles. The standard InChI is InChI=1S/C19H16N2O5/c1-12-10-17(21-26-12)20-18(23)11-25-19(24)15-4-2-13(3-5-15)14-6-8-16(22)9-7-14/h2-10,22H,11H2,1H3,(H,20,21,23). The number of carbonyl (C=O) groups is 2. The minimum atomic E-state index is -0.603. The van der Waals surface area contributed by atoms with Crippen molar-refractivity contribution in [2.75, 3.05) is 11.9 Å². The predicted molar refractivity (Wildman–Crippen MR) is 93.7 cm³/mol. The van der Waals surface area contributed by atoms with E-state index in [4.69, 9.17) is 9.26 Å². The number of nitrogens with zero attached hydrogens (tertiary/aromatic N) is 1. The quantitative estimate of drug-likeness (QED) is 0.684. The molecule has 0 spiro atoms. The van der Waals surface area contributed by atoms with Gasteiger partial charge in [-0.2, -0.15) is 0 Å². The van der Waals surface area contributed by atoms with Crippen LogP contribution in [0.25, 0.3) is 11.1 Å². The third kappa shape index (κ3) is 4.27. The van der Waals surface area contributed by atoms with Gasteiger partial charge >= 0.3 is 5.97 Å². The van der Waals surface area contributed by atoms with Crippen LogP contribution in [0.1, 0.15) is 16.1 Å². The first-order valence-corrected chi connectivity index (χ1v) is 7.81. The van der Waals surface area contributed by atoms with Crippen molar-refractivity contribution in [3.8, 4) is 16.9 Å². The number of aryl methyl sites for hydroxylation is 1. The maximum Gasteiger partial charge on any atom is 0.338 e. The molecule has 2 aromatic carbocycles. The van der Waals surface area contributed by atoms with E-state index in [1.54, 1.807) is 61.5 Å². The van der Waals surface area contributed by atoms with Crippen LogP contribution in [0.3, 0.4) is 0 Å². The molecule has 7 heteroatoms. The molecular weight excluding hydrogens is 336 g/mol. The summed E-state index contributed by atoms with van der Waals surface area (Å²) in [6.07, 6.45) is 0. The summed E-state index contributed by atoms with van der Waals surface area (Å²) in [5.74, 6) is -0.0954. The summed E-state index contributed by atoms with van der Waals surface area (Å²) in [5.41, 5.74) is 2.13. The van der Waals surface area contributed by atoms with Crippen LogP contribution in [0.5, 0.6) is 5.75 Å². The van der Waals surface area contributed by atoms with Crippen molar-refractivity contribution in [3.05, 3.63) is 65.9 Å². The summed E-state index contributed by atoms with van der Waals surface area (Å²) < 4.78 is 9.82. The Bertz CT molecular complexity index is 914. The summed E-state index contributed by atoms with van der Waals surface area (Å²) in [4.78, 5) is 23.8. The number of nitrogens with one attached hydrogen (secondary N) is 1. The van der Waals surface area contributed by atoms with E-state index >= 15 is 0 Å². The molecule has 26 heavy (non-hydrogen) atoms. The fourth-order valence-corrected chi connectivity index (χ4v) is 2.27. The highest BCUT2D eigenvalue weighted by Gasteiger charge is 2.12. The Morgan fingerprint density at radius 1 is 1.08 bits per heavy atom. The lowest BCUT2D eigenvalue weighted by Gasteiger charge is -2.06. The Kier molecular flexibility index (Phi) is 4.98. The van der Waals surface area contributed by atoms with Gasteiger partial charge in [-0.05, 0) is 42.3 Å². The van der Waals surface area contributed by atoms with Gasteiger partial charge in [0.2, 0.25) is 0 Å². The number of benzene rings is 2. The van der Waals surface area contributed by atoms with Crippen molar-refractivity contribution in [1.82, 2.24) is 5.16 Å². The lowest BCUT2D eigenvalue weighted by atomic mass is 10.0. The summed E-state index contributed by atoms with van der Waals surface area (Å²) in [6, 6.07) is 15.0.